The molecule has 1 atom stereocenters. The summed E-state index contributed by atoms with van der Waals surface area (Å²) in [4.78, 5) is 4.21. The number of nitrogens with zero attached hydrogens (tertiary/aromatic N) is 2. The van der Waals surface area contributed by atoms with Gasteiger partial charge in [0.25, 0.3) is 0 Å². The van der Waals surface area contributed by atoms with Crippen LogP contribution in [0, 0.1) is 0 Å². The van der Waals surface area contributed by atoms with Gasteiger partial charge in [-0.25, -0.2) is 13.4 Å². The molecular formula is C17H15Cl2N3O2S. The highest BCUT2D eigenvalue weighted by Gasteiger charge is 2.27. The maximum absolute atomic E-state index is 12.9. The molecule has 1 heterocycles. The van der Waals surface area contributed by atoms with Gasteiger partial charge in [0.1, 0.15) is 16.8 Å². The predicted octanol–water partition coefficient (Wildman–Crippen LogP) is 3.79. The molecule has 0 spiro atoms. The zero-order chi connectivity index (χ0) is 18.0. The minimum atomic E-state index is -3.92. The summed E-state index contributed by atoms with van der Waals surface area (Å²) in [5, 5.41) is 0.390. The molecule has 130 valence electrons. The summed E-state index contributed by atoms with van der Waals surface area (Å²) >= 11 is 12.0. The van der Waals surface area contributed by atoms with Gasteiger partial charge in [-0.3, -0.25) is 0 Å². The SMILES string of the molecule is Cn1ccnc1C(NS(=O)(=O)c1cc(Cl)ccc1Cl)c1ccccc1. The number of benzene rings is 2. The van der Waals surface area contributed by atoms with E-state index in [1.807, 2.05) is 30.3 Å². The molecule has 3 aromatic rings. The van der Waals surface area contributed by atoms with Crippen molar-refractivity contribution >= 4 is 33.2 Å². The van der Waals surface area contributed by atoms with Gasteiger partial charge >= 0.3 is 0 Å². The molecule has 2 aromatic carbocycles. The maximum Gasteiger partial charge on any atom is 0.243 e. The van der Waals surface area contributed by atoms with Gasteiger partial charge in [0.05, 0.1) is 5.02 Å². The molecule has 5 nitrogen and oxygen atoms in total. The van der Waals surface area contributed by atoms with E-state index in [1.165, 1.54) is 18.2 Å². The normalized spacial score (nSPS) is 12.9. The molecule has 0 saturated heterocycles. The van der Waals surface area contributed by atoms with E-state index >= 15 is 0 Å². The average molecular weight is 396 g/mol. The Morgan fingerprint density at radius 3 is 2.48 bits per heavy atom. The van der Waals surface area contributed by atoms with Crippen molar-refractivity contribution in [1.29, 1.82) is 0 Å². The van der Waals surface area contributed by atoms with Crippen LogP contribution in [0.3, 0.4) is 0 Å². The summed E-state index contributed by atoms with van der Waals surface area (Å²) in [6.45, 7) is 0. The first-order chi connectivity index (χ1) is 11.9. The van der Waals surface area contributed by atoms with Crippen LogP contribution in [-0.4, -0.2) is 18.0 Å². The first-order valence-electron chi connectivity index (χ1n) is 7.38. The van der Waals surface area contributed by atoms with Crippen molar-refractivity contribution in [3.05, 3.63) is 82.4 Å². The van der Waals surface area contributed by atoms with Crippen LogP contribution in [0.4, 0.5) is 0 Å². The van der Waals surface area contributed by atoms with Gasteiger partial charge in [0, 0.05) is 24.5 Å². The van der Waals surface area contributed by atoms with E-state index < -0.39 is 16.1 Å². The number of rotatable bonds is 5. The van der Waals surface area contributed by atoms with Gasteiger partial charge in [-0.05, 0) is 23.8 Å². The summed E-state index contributed by atoms with van der Waals surface area (Å²) in [6.07, 6.45) is 3.37. The summed E-state index contributed by atoms with van der Waals surface area (Å²) in [5.41, 5.74) is 0.763. The molecule has 25 heavy (non-hydrogen) atoms. The standard InChI is InChI=1S/C17H15Cl2N3O2S/c1-22-10-9-20-17(22)16(12-5-3-2-4-6-12)21-25(23,24)15-11-13(18)7-8-14(15)19/h2-11,16,21H,1H3. The van der Waals surface area contributed by atoms with Crippen LogP contribution in [-0.2, 0) is 17.1 Å². The van der Waals surface area contributed by atoms with Crippen molar-refractivity contribution in [1.82, 2.24) is 14.3 Å². The van der Waals surface area contributed by atoms with Crippen LogP contribution in [0.1, 0.15) is 17.4 Å². The first-order valence-corrected chi connectivity index (χ1v) is 9.62. The number of hydrogen-bond acceptors (Lipinski definition) is 3. The Bertz CT molecular complexity index is 988. The highest BCUT2D eigenvalue weighted by molar-refractivity contribution is 7.89. The molecule has 0 amide bonds. The van der Waals surface area contributed by atoms with Gasteiger partial charge in [-0.15, -0.1) is 0 Å². The largest absolute Gasteiger partial charge is 0.336 e. The Labute approximate surface area is 156 Å². The molecular weight excluding hydrogens is 381 g/mol. The summed E-state index contributed by atoms with van der Waals surface area (Å²) in [6, 6.07) is 12.9. The second kappa shape index (κ2) is 7.17. The van der Waals surface area contributed by atoms with Gasteiger partial charge < -0.3 is 4.57 Å². The molecule has 0 aliphatic heterocycles. The van der Waals surface area contributed by atoms with E-state index in [2.05, 4.69) is 9.71 Å². The van der Waals surface area contributed by atoms with Gasteiger partial charge in [0.2, 0.25) is 10.0 Å². The topological polar surface area (TPSA) is 64.0 Å². The number of imidazole rings is 1. The fourth-order valence-corrected chi connectivity index (χ4v) is 4.42. The Morgan fingerprint density at radius 2 is 1.84 bits per heavy atom. The molecule has 0 fully saturated rings. The third-order valence-corrected chi connectivity index (χ3v) is 5.84. The lowest BCUT2D eigenvalue weighted by atomic mass is 10.1. The predicted molar refractivity (Wildman–Crippen MR) is 98.3 cm³/mol. The smallest absolute Gasteiger partial charge is 0.243 e. The fraction of sp³-hybridized carbons (Fsp3) is 0.118. The minimum Gasteiger partial charge on any atom is -0.336 e. The lowest BCUT2D eigenvalue weighted by molar-refractivity contribution is 0.563. The van der Waals surface area contributed by atoms with Crippen molar-refractivity contribution < 1.29 is 8.42 Å². The second-order valence-corrected chi connectivity index (χ2v) is 7.96. The third kappa shape index (κ3) is 3.88. The van der Waals surface area contributed by atoms with Crippen LogP contribution in [0.15, 0.2) is 65.8 Å². The van der Waals surface area contributed by atoms with Crippen molar-refractivity contribution in [3.63, 3.8) is 0 Å². The van der Waals surface area contributed by atoms with Crippen molar-refractivity contribution in [3.8, 4) is 0 Å². The van der Waals surface area contributed by atoms with Crippen LogP contribution < -0.4 is 4.72 Å². The molecule has 0 radical (unpaired) electrons. The number of aryl methyl sites for hydroxylation is 1. The van der Waals surface area contributed by atoms with Crippen LogP contribution in [0.25, 0.3) is 0 Å². The zero-order valence-corrected chi connectivity index (χ0v) is 15.6. The van der Waals surface area contributed by atoms with Gasteiger partial charge in [-0.2, -0.15) is 4.72 Å². The van der Waals surface area contributed by atoms with E-state index in [-0.39, 0.29) is 14.9 Å². The first kappa shape index (κ1) is 17.9. The van der Waals surface area contributed by atoms with Gasteiger partial charge in [-0.1, -0.05) is 53.5 Å². The quantitative estimate of drug-likeness (QED) is 0.714. The van der Waals surface area contributed by atoms with Crippen LogP contribution in [0.2, 0.25) is 10.0 Å². The number of sulfonamides is 1. The highest BCUT2D eigenvalue weighted by Crippen LogP contribution is 2.28. The third-order valence-electron chi connectivity index (χ3n) is 3.71. The second-order valence-electron chi connectivity index (χ2n) is 5.44. The highest BCUT2D eigenvalue weighted by atomic mass is 35.5. The monoisotopic (exact) mass is 395 g/mol. The van der Waals surface area contributed by atoms with E-state index in [4.69, 9.17) is 23.2 Å². The Kier molecular flexibility index (Phi) is 5.15. The van der Waals surface area contributed by atoms with Crippen molar-refractivity contribution in [2.24, 2.45) is 7.05 Å². The van der Waals surface area contributed by atoms with Crippen molar-refractivity contribution in [2.45, 2.75) is 10.9 Å². The maximum atomic E-state index is 12.9. The number of halogens is 2. The number of nitrogens with one attached hydrogen (secondary N) is 1. The average Bonchev–Trinajstić information content (AvgIpc) is 3.01. The van der Waals surface area contributed by atoms with Crippen LogP contribution in [0.5, 0.6) is 0 Å². The summed E-state index contributed by atoms with van der Waals surface area (Å²) in [7, 11) is -2.12. The van der Waals surface area contributed by atoms with Crippen molar-refractivity contribution in [2.75, 3.05) is 0 Å². The lowest BCUT2D eigenvalue weighted by Crippen LogP contribution is -2.31. The molecule has 0 saturated carbocycles. The molecule has 0 aliphatic rings. The van der Waals surface area contributed by atoms with E-state index in [1.54, 1.807) is 24.0 Å². The Hall–Kier alpha value is -1.86. The Balaban J connectivity index is 2.06. The zero-order valence-electron chi connectivity index (χ0n) is 13.2. The molecule has 1 N–H and O–H groups in total. The van der Waals surface area contributed by atoms with Gasteiger partial charge in [0.15, 0.2) is 0 Å². The molecule has 8 heteroatoms. The minimum absolute atomic E-state index is 0.0724. The number of hydrogen-bond donors (Lipinski definition) is 1. The lowest BCUT2D eigenvalue weighted by Gasteiger charge is -2.19. The summed E-state index contributed by atoms with van der Waals surface area (Å²) < 4.78 is 30.3. The van der Waals surface area contributed by atoms with E-state index in [0.717, 1.165) is 5.56 Å². The number of aromatic nitrogens is 2. The molecule has 1 unspecified atom stereocenters. The summed E-state index contributed by atoms with van der Waals surface area (Å²) in [5.74, 6) is 0.563. The molecule has 0 bridgehead atoms. The molecule has 1 aromatic heterocycles. The van der Waals surface area contributed by atoms with E-state index in [0.29, 0.717) is 5.82 Å². The fourth-order valence-electron chi connectivity index (χ4n) is 2.47. The Morgan fingerprint density at radius 1 is 1.12 bits per heavy atom. The van der Waals surface area contributed by atoms with Crippen LogP contribution >= 0.6 is 23.2 Å². The molecule has 0 aliphatic carbocycles. The molecule has 3 rings (SSSR count). The van der Waals surface area contributed by atoms with E-state index in [9.17, 15) is 8.42 Å².